The van der Waals surface area contributed by atoms with Gasteiger partial charge in [0.25, 0.3) is 0 Å². The Bertz CT molecular complexity index is 1510. The number of halogens is 6. The highest BCUT2D eigenvalue weighted by Gasteiger charge is 2.38. The Kier molecular flexibility index (Phi) is 11.2. The summed E-state index contributed by atoms with van der Waals surface area (Å²) in [5.41, 5.74) is 4.38. The molecule has 0 aliphatic carbocycles. The van der Waals surface area contributed by atoms with E-state index in [-0.39, 0.29) is 0 Å². The minimum absolute atomic E-state index is 0.412. The van der Waals surface area contributed by atoms with E-state index >= 15 is 0 Å². The topological polar surface area (TPSA) is 130 Å². The van der Waals surface area contributed by atoms with Gasteiger partial charge in [0.1, 0.15) is 5.75 Å². The molecule has 1 saturated heterocycles. The van der Waals surface area contributed by atoms with E-state index < -0.39 is 24.3 Å². The van der Waals surface area contributed by atoms with Gasteiger partial charge in [-0.15, -0.1) is 0 Å². The predicted octanol–water partition coefficient (Wildman–Crippen LogP) is 5.45. The molecular weight excluding hydrogens is 600 g/mol. The number of pyridine rings is 2. The molecule has 1 aliphatic rings. The summed E-state index contributed by atoms with van der Waals surface area (Å²) in [5.74, 6) is -3.29. The molecule has 0 spiro atoms. The molecule has 16 heteroatoms. The molecule has 1 aromatic carbocycles. The maximum atomic E-state index is 10.6. The molecule has 4 aromatic rings. The summed E-state index contributed by atoms with van der Waals surface area (Å²) >= 11 is 0. The first-order valence-corrected chi connectivity index (χ1v) is 12.9. The van der Waals surface area contributed by atoms with E-state index in [0.717, 1.165) is 60.8 Å². The van der Waals surface area contributed by atoms with E-state index in [1.54, 1.807) is 7.11 Å². The third-order valence-corrected chi connectivity index (χ3v) is 6.32. The highest BCUT2D eigenvalue weighted by atomic mass is 19.4. The summed E-state index contributed by atoms with van der Waals surface area (Å²) in [6.07, 6.45) is -2.17. The molecule has 1 aliphatic heterocycles. The molecule has 0 unspecified atom stereocenters. The number of carboxylic acids is 2. The van der Waals surface area contributed by atoms with Gasteiger partial charge in [0.2, 0.25) is 0 Å². The number of rotatable bonds is 5. The number of methoxy groups -OCH3 is 1. The standard InChI is InChI=1S/C24H25N5O.2C2HF3O2/c1-30-22-6-2-5-20(14-22)21-7-8-23-26-24(27-29(23)17-21)19-9-12-28(13-10-19)16-18-4-3-11-25-15-18;2*3-2(4,5)1(6)7/h2-8,11,14-15,17,19H,9-10,12-13,16H2,1H3;2*(H,6,7). The molecule has 0 saturated carbocycles. The van der Waals surface area contributed by atoms with Crippen molar-refractivity contribution in [3.05, 3.63) is 78.5 Å². The summed E-state index contributed by atoms with van der Waals surface area (Å²) in [6.45, 7) is 3.08. The first-order chi connectivity index (χ1) is 20.7. The smallest absolute Gasteiger partial charge is 0.490 e. The van der Waals surface area contributed by atoms with Crippen molar-refractivity contribution in [3.63, 3.8) is 0 Å². The van der Waals surface area contributed by atoms with Crippen LogP contribution in [0.4, 0.5) is 26.3 Å². The number of likely N-dealkylation sites (tertiary alicyclic amines) is 1. The zero-order chi connectivity index (χ0) is 32.5. The molecule has 236 valence electrons. The highest BCUT2D eigenvalue weighted by Crippen LogP contribution is 2.28. The minimum Gasteiger partial charge on any atom is -0.497 e. The lowest BCUT2D eigenvalue weighted by Gasteiger charge is -2.30. The first kappa shape index (κ1) is 33.8. The maximum Gasteiger partial charge on any atom is 0.490 e. The summed E-state index contributed by atoms with van der Waals surface area (Å²) in [4.78, 5) is 29.3. The molecule has 0 radical (unpaired) electrons. The number of fused-ring (bicyclic) bond motifs is 1. The van der Waals surface area contributed by atoms with Crippen LogP contribution in [0.25, 0.3) is 16.8 Å². The van der Waals surface area contributed by atoms with E-state index in [2.05, 4.69) is 34.3 Å². The van der Waals surface area contributed by atoms with Gasteiger partial charge in [-0.1, -0.05) is 18.2 Å². The Balaban J connectivity index is 0.000000317. The largest absolute Gasteiger partial charge is 0.497 e. The quantitative estimate of drug-likeness (QED) is 0.278. The van der Waals surface area contributed by atoms with Gasteiger partial charge in [0.15, 0.2) is 11.5 Å². The van der Waals surface area contributed by atoms with Crippen LogP contribution < -0.4 is 4.74 Å². The van der Waals surface area contributed by atoms with Crippen LogP contribution in [0.5, 0.6) is 5.75 Å². The van der Waals surface area contributed by atoms with E-state index in [1.807, 2.05) is 47.2 Å². The maximum absolute atomic E-state index is 10.6. The normalized spacial score (nSPS) is 14.2. The van der Waals surface area contributed by atoms with Gasteiger partial charge in [-0.3, -0.25) is 9.88 Å². The molecule has 4 heterocycles. The summed E-state index contributed by atoms with van der Waals surface area (Å²) in [7, 11) is 1.69. The highest BCUT2D eigenvalue weighted by molar-refractivity contribution is 5.73. The monoisotopic (exact) mass is 627 g/mol. The van der Waals surface area contributed by atoms with Crippen LogP contribution in [0, 0.1) is 0 Å². The van der Waals surface area contributed by atoms with Crippen LogP contribution in [0.1, 0.15) is 30.1 Å². The molecule has 5 rings (SSSR count). The van der Waals surface area contributed by atoms with Gasteiger partial charge in [0, 0.05) is 36.6 Å². The number of hydrogen-bond acceptors (Lipinski definition) is 7. The van der Waals surface area contributed by atoms with Crippen LogP contribution in [0.3, 0.4) is 0 Å². The fourth-order valence-electron chi connectivity index (χ4n) is 4.15. The second-order valence-electron chi connectivity index (χ2n) is 9.44. The second kappa shape index (κ2) is 14.6. The number of benzene rings is 1. The predicted molar refractivity (Wildman–Crippen MR) is 144 cm³/mol. The average Bonchev–Trinajstić information content (AvgIpc) is 3.41. The van der Waals surface area contributed by atoms with Crippen LogP contribution >= 0.6 is 0 Å². The van der Waals surface area contributed by atoms with E-state index in [4.69, 9.17) is 34.6 Å². The summed E-state index contributed by atoms with van der Waals surface area (Å²) < 4.78 is 70.7. The zero-order valence-corrected chi connectivity index (χ0v) is 23.1. The lowest BCUT2D eigenvalue weighted by molar-refractivity contribution is -0.193. The number of aliphatic carboxylic acids is 2. The molecule has 0 bridgehead atoms. The van der Waals surface area contributed by atoms with Crippen molar-refractivity contribution in [2.24, 2.45) is 0 Å². The lowest BCUT2D eigenvalue weighted by atomic mass is 9.96. The van der Waals surface area contributed by atoms with Crippen molar-refractivity contribution in [1.82, 2.24) is 24.5 Å². The molecule has 0 amide bonds. The second-order valence-corrected chi connectivity index (χ2v) is 9.44. The van der Waals surface area contributed by atoms with Crippen molar-refractivity contribution in [1.29, 1.82) is 0 Å². The number of hydrogen-bond donors (Lipinski definition) is 2. The molecule has 2 N–H and O–H groups in total. The number of aromatic nitrogens is 4. The van der Waals surface area contributed by atoms with E-state index in [0.29, 0.717) is 5.92 Å². The molecule has 44 heavy (non-hydrogen) atoms. The fourth-order valence-corrected chi connectivity index (χ4v) is 4.15. The van der Waals surface area contributed by atoms with Crippen LogP contribution in [-0.2, 0) is 16.1 Å². The van der Waals surface area contributed by atoms with Gasteiger partial charge in [-0.25, -0.2) is 19.1 Å². The van der Waals surface area contributed by atoms with Gasteiger partial charge in [0.05, 0.1) is 7.11 Å². The fraction of sp³-hybridized carbons (Fsp3) is 0.321. The zero-order valence-electron chi connectivity index (χ0n) is 23.1. The Labute approximate surface area is 246 Å². The summed E-state index contributed by atoms with van der Waals surface area (Å²) in [6, 6.07) is 16.4. The van der Waals surface area contributed by atoms with Crippen molar-refractivity contribution in [3.8, 4) is 16.9 Å². The number of carbonyl (C=O) groups is 2. The van der Waals surface area contributed by atoms with Crippen LogP contribution in [0.15, 0.2) is 67.1 Å². The molecule has 1 fully saturated rings. The molecule has 10 nitrogen and oxygen atoms in total. The van der Waals surface area contributed by atoms with Gasteiger partial charge in [-0.2, -0.15) is 31.4 Å². The van der Waals surface area contributed by atoms with Gasteiger partial charge in [-0.05, 0) is 67.4 Å². The van der Waals surface area contributed by atoms with Crippen molar-refractivity contribution < 1.29 is 50.9 Å². The number of ether oxygens (including phenoxy) is 1. The number of alkyl halides is 6. The lowest BCUT2D eigenvalue weighted by Crippen LogP contribution is -2.32. The molecule has 3 aromatic heterocycles. The number of nitrogens with zero attached hydrogens (tertiary/aromatic N) is 5. The van der Waals surface area contributed by atoms with Gasteiger partial charge >= 0.3 is 24.3 Å². The van der Waals surface area contributed by atoms with Crippen molar-refractivity contribution in [2.45, 2.75) is 37.7 Å². The Morgan fingerprint density at radius 2 is 1.57 bits per heavy atom. The third kappa shape index (κ3) is 9.93. The molecular formula is C28H27F6N5O5. The third-order valence-electron chi connectivity index (χ3n) is 6.32. The Morgan fingerprint density at radius 3 is 2.11 bits per heavy atom. The Morgan fingerprint density at radius 1 is 0.932 bits per heavy atom. The Hall–Kier alpha value is -4.73. The van der Waals surface area contributed by atoms with Gasteiger partial charge < -0.3 is 14.9 Å². The van der Waals surface area contributed by atoms with Crippen LogP contribution in [0.2, 0.25) is 0 Å². The average molecular weight is 628 g/mol. The number of carboxylic acid groups (broad SMARTS) is 2. The van der Waals surface area contributed by atoms with E-state index in [1.165, 1.54) is 5.56 Å². The van der Waals surface area contributed by atoms with Crippen molar-refractivity contribution >= 4 is 17.6 Å². The summed E-state index contributed by atoms with van der Waals surface area (Å²) in [5, 5.41) is 19.1. The van der Waals surface area contributed by atoms with E-state index in [9.17, 15) is 26.3 Å². The molecule has 0 atom stereocenters. The number of piperidine rings is 1. The SMILES string of the molecule is COc1cccc(-c2ccc3nc(C4CCN(Cc5cccnc5)CC4)nn3c2)c1.O=C(O)C(F)(F)F.O=C(O)C(F)(F)F. The first-order valence-electron chi connectivity index (χ1n) is 12.9. The van der Waals surface area contributed by atoms with Crippen LogP contribution in [-0.4, -0.2) is 79.2 Å². The van der Waals surface area contributed by atoms with Crippen molar-refractivity contribution in [2.75, 3.05) is 20.2 Å². The minimum atomic E-state index is -5.08.